The number of thiophene rings is 1. The lowest BCUT2D eigenvalue weighted by molar-refractivity contribution is 0.102. The Balaban J connectivity index is 2.15. The average molecular weight is 252 g/mol. The Morgan fingerprint density at radius 2 is 2.19 bits per heavy atom. The van der Waals surface area contributed by atoms with Gasteiger partial charge in [0.1, 0.15) is 0 Å². The van der Waals surface area contributed by atoms with Crippen molar-refractivity contribution >= 4 is 34.5 Å². The van der Waals surface area contributed by atoms with Gasteiger partial charge in [0, 0.05) is 16.1 Å². The van der Waals surface area contributed by atoms with Crippen LogP contribution in [-0.4, -0.2) is 5.91 Å². The maximum absolute atomic E-state index is 11.7. The van der Waals surface area contributed by atoms with E-state index in [0.29, 0.717) is 16.3 Å². The summed E-state index contributed by atoms with van der Waals surface area (Å²) in [6.07, 6.45) is 0. The molecule has 0 radical (unpaired) electrons. The number of carbonyl (C=O) groups is 1. The molecule has 0 spiro atoms. The second-order valence-corrected chi connectivity index (χ2v) is 4.62. The van der Waals surface area contributed by atoms with Gasteiger partial charge < -0.3 is 5.32 Å². The molecule has 0 unspecified atom stereocenters. The molecular weight excluding hydrogens is 242 g/mol. The van der Waals surface area contributed by atoms with Gasteiger partial charge in [-0.1, -0.05) is 17.7 Å². The number of aryl methyl sites for hydroxylation is 1. The van der Waals surface area contributed by atoms with E-state index in [1.54, 1.807) is 12.1 Å². The van der Waals surface area contributed by atoms with E-state index in [1.807, 2.05) is 29.8 Å². The highest BCUT2D eigenvalue weighted by Crippen LogP contribution is 2.20. The van der Waals surface area contributed by atoms with Gasteiger partial charge in [0.2, 0.25) is 0 Å². The fraction of sp³-hybridized carbons (Fsp3) is 0.0833. The molecule has 0 saturated heterocycles. The standard InChI is InChI=1S/C12H10ClNOS/c1-8-2-3-10(6-11(8)13)14-12(15)9-4-5-16-7-9/h2-7H,1H3,(H,14,15). The van der Waals surface area contributed by atoms with Crippen LogP contribution in [0.25, 0.3) is 0 Å². The van der Waals surface area contributed by atoms with E-state index in [0.717, 1.165) is 5.56 Å². The highest BCUT2D eigenvalue weighted by Gasteiger charge is 2.06. The van der Waals surface area contributed by atoms with E-state index in [4.69, 9.17) is 11.6 Å². The number of hydrogen-bond donors (Lipinski definition) is 1. The molecule has 0 aliphatic carbocycles. The van der Waals surface area contributed by atoms with Crippen molar-refractivity contribution in [2.24, 2.45) is 0 Å². The lowest BCUT2D eigenvalue weighted by atomic mass is 10.2. The number of anilines is 1. The molecule has 0 fully saturated rings. The van der Waals surface area contributed by atoms with Crippen LogP contribution in [0.15, 0.2) is 35.0 Å². The second kappa shape index (κ2) is 4.68. The molecule has 1 N–H and O–H groups in total. The summed E-state index contributed by atoms with van der Waals surface area (Å²) in [5.74, 6) is -0.110. The first-order valence-corrected chi connectivity index (χ1v) is 6.08. The van der Waals surface area contributed by atoms with Crippen LogP contribution in [0.1, 0.15) is 15.9 Å². The Kier molecular flexibility index (Phi) is 3.27. The Labute approximate surface area is 103 Å². The normalized spacial score (nSPS) is 10.1. The van der Waals surface area contributed by atoms with Crippen LogP contribution in [0.5, 0.6) is 0 Å². The Hall–Kier alpha value is -1.32. The molecular formula is C12H10ClNOS. The third kappa shape index (κ3) is 2.43. The SMILES string of the molecule is Cc1ccc(NC(=O)c2ccsc2)cc1Cl. The third-order valence-corrected chi connectivity index (χ3v) is 3.30. The van der Waals surface area contributed by atoms with Crippen molar-refractivity contribution in [2.45, 2.75) is 6.92 Å². The minimum Gasteiger partial charge on any atom is -0.322 e. The minimum absolute atomic E-state index is 0.110. The number of halogens is 1. The van der Waals surface area contributed by atoms with Crippen LogP contribution >= 0.6 is 22.9 Å². The molecule has 0 saturated carbocycles. The topological polar surface area (TPSA) is 29.1 Å². The van der Waals surface area contributed by atoms with Crippen LogP contribution in [0.3, 0.4) is 0 Å². The number of nitrogens with one attached hydrogen (secondary N) is 1. The summed E-state index contributed by atoms with van der Waals surface area (Å²) in [5, 5.41) is 7.13. The molecule has 16 heavy (non-hydrogen) atoms. The summed E-state index contributed by atoms with van der Waals surface area (Å²) in [7, 11) is 0. The zero-order valence-electron chi connectivity index (χ0n) is 8.66. The van der Waals surface area contributed by atoms with Gasteiger partial charge in [0.15, 0.2) is 0 Å². The first kappa shape index (κ1) is 11.2. The van der Waals surface area contributed by atoms with E-state index in [-0.39, 0.29) is 5.91 Å². The van der Waals surface area contributed by atoms with Crippen molar-refractivity contribution in [1.82, 2.24) is 0 Å². The Morgan fingerprint density at radius 1 is 1.38 bits per heavy atom. The maximum atomic E-state index is 11.7. The van der Waals surface area contributed by atoms with Crippen molar-refractivity contribution in [3.05, 3.63) is 51.2 Å². The summed E-state index contributed by atoms with van der Waals surface area (Å²) in [6, 6.07) is 7.26. The fourth-order valence-electron chi connectivity index (χ4n) is 1.27. The first-order chi connectivity index (χ1) is 7.66. The zero-order valence-corrected chi connectivity index (χ0v) is 10.2. The third-order valence-electron chi connectivity index (χ3n) is 2.21. The van der Waals surface area contributed by atoms with Gasteiger partial charge in [0.25, 0.3) is 5.91 Å². The number of benzene rings is 1. The minimum atomic E-state index is -0.110. The first-order valence-electron chi connectivity index (χ1n) is 4.76. The van der Waals surface area contributed by atoms with Crippen molar-refractivity contribution in [3.63, 3.8) is 0 Å². The summed E-state index contributed by atoms with van der Waals surface area (Å²) >= 11 is 7.47. The number of carbonyl (C=O) groups excluding carboxylic acids is 1. The van der Waals surface area contributed by atoms with E-state index in [1.165, 1.54) is 11.3 Å². The van der Waals surface area contributed by atoms with Crippen LogP contribution in [0.2, 0.25) is 5.02 Å². The van der Waals surface area contributed by atoms with E-state index in [2.05, 4.69) is 5.32 Å². The Bertz CT molecular complexity index is 508. The van der Waals surface area contributed by atoms with Gasteiger partial charge in [-0.05, 0) is 36.1 Å². The number of rotatable bonds is 2. The largest absolute Gasteiger partial charge is 0.322 e. The predicted molar refractivity (Wildman–Crippen MR) is 68.5 cm³/mol. The molecule has 2 rings (SSSR count). The molecule has 1 aromatic heterocycles. The predicted octanol–water partition coefficient (Wildman–Crippen LogP) is 3.96. The lowest BCUT2D eigenvalue weighted by Gasteiger charge is -2.05. The van der Waals surface area contributed by atoms with E-state index in [9.17, 15) is 4.79 Å². The van der Waals surface area contributed by atoms with Gasteiger partial charge in [-0.15, -0.1) is 0 Å². The average Bonchev–Trinajstić information content (AvgIpc) is 2.77. The van der Waals surface area contributed by atoms with Gasteiger partial charge in [-0.25, -0.2) is 0 Å². The molecule has 82 valence electrons. The molecule has 0 aliphatic heterocycles. The summed E-state index contributed by atoms with van der Waals surface area (Å²) < 4.78 is 0. The van der Waals surface area contributed by atoms with Gasteiger partial charge >= 0.3 is 0 Å². The smallest absolute Gasteiger partial charge is 0.256 e. The molecule has 2 nitrogen and oxygen atoms in total. The van der Waals surface area contributed by atoms with E-state index >= 15 is 0 Å². The molecule has 1 amide bonds. The molecule has 0 bridgehead atoms. The van der Waals surface area contributed by atoms with Crippen molar-refractivity contribution in [2.75, 3.05) is 5.32 Å². The van der Waals surface area contributed by atoms with Crippen molar-refractivity contribution < 1.29 is 4.79 Å². The van der Waals surface area contributed by atoms with Crippen LogP contribution in [-0.2, 0) is 0 Å². The van der Waals surface area contributed by atoms with Gasteiger partial charge in [-0.3, -0.25) is 4.79 Å². The van der Waals surface area contributed by atoms with Crippen LogP contribution in [0, 0.1) is 6.92 Å². The second-order valence-electron chi connectivity index (χ2n) is 3.43. The quantitative estimate of drug-likeness (QED) is 0.860. The number of amides is 1. The molecule has 1 aromatic carbocycles. The summed E-state index contributed by atoms with van der Waals surface area (Å²) in [4.78, 5) is 11.7. The monoisotopic (exact) mass is 251 g/mol. The van der Waals surface area contributed by atoms with Crippen LogP contribution in [0.4, 0.5) is 5.69 Å². The summed E-state index contributed by atoms with van der Waals surface area (Å²) in [5.41, 5.74) is 2.38. The molecule has 0 atom stereocenters. The highest BCUT2D eigenvalue weighted by atomic mass is 35.5. The molecule has 1 heterocycles. The van der Waals surface area contributed by atoms with Crippen molar-refractivity contribution in [1.29, 1.82) is 0 Å². The molecule has 4 heteroatoms. The van der Waals surface area contributed by atoms with Gasteiger partial charge in [-0.2, -0.15) is 11.3 Å². The fourth-order valence-corrected chi connectivity index (χ4v) is 2.08. The van der Waals surface area contributed by atoms with Crippen molar-refractivity contribution in [3.8, 4) is 0 Å². The molecule has 0 aliphatic rings. The number of hydrogen-bond acceptors (Lipinski definition) is 2. The Morgan fingerprint density at radius 3 is 2.81 bits per heavy atom. The molecule has 2 aromatic rings. The summed E-state index contributed by atoms with van der Waals surface area (Å²) in [6.45, 7) is 1.92. The lowest BCUT2D eigenvalue weighted by Crippen LogP contribution is -2.10. The van der Waals surface area contributed by atoms with E-state index < -0.39 is 0 Å². The zero-order chi connectivity index (χ0) is 11.5. The van der Waals surface area contributed by atoms with Crippen LogP contribution < -0.4 is 5.32 Å². The van der Waals surface area contributed by atoms with Gasteiger partial charge in [0.05, 0.1) is 5.56 Å². The highest BCUT2D eigenvalue weighted by molar-refractivity contribution is 7.08. The maximum Gasteiger partial charge on any atom is 0.256 e.